The molecule has 0 aromatic heterocycles. The van der Waals surface area contributed by atoms with E-state index >= 15 is 0 Å². The molecule has 2 aliphatic rings. The maximum atomic E-state index is 12.6. The molecule has 1 unspecified atom stereocenters. The van der Waals surface area contributed by atoms with E-state index in [0.29, 0.717) is 73.1 Å². The number of carbonyl (C=O) groups is 2. The summed E-state index contributed by atoms with van der Waals surface area (Å²) in [6.07, 6.45) is 4.07. The number of rotatable bonds is 13. The summed E-state index contributed by atoms with van der Waals surface area (Å²) in [5.41, 5.74) is 0.867. The van der Waals surface area contributed by atoms with E-state index in [1.165, 1.54) is 0 Å². The Kier molecular flexibility index (Phi) is 8.89. The number of hydrogen-bond donors (Lipinski definition) is 0. The second kappa shape index (κ2) is 12.9. The Hall–Kier alpha value is -4.30. The Balaban J connectivity index is 1.05. The highest BCUT2D eigenvalue weighted by Gasteiger charge is 2.37. The van der Waals surface area contributed by atoms with E-state index in [2.05, 4.69) is 19.9 Å². The summed E-state index contributed by atoms with van der Waals surface area (Å²) in [5, 5.41) is 0. The van der Waals surface area contributed by atoms with Crippen LogP contribution in [0.3, 0.4) is 0 Å². The molecule has 5 rings (SSSR count). The van der Waals surface area contributed by atoms with Crippen LogP contribution in [0.4, 0.5) is 0 Å². The van der Waals surface area contributed by atoms with Crippen molar-refractivity contribution >= 4 is 11.9 Å². The minimum Gasteiger partial charge on any atom is -0.495 e. The van der Waals surface area contributed by atoms with Crippen molar-refractivity contribution in [1.82, 2.24) is 0 Å². The van der Waals surface area contributed by atoms with Gasteiger partial charge in [-0.15, -0.1) is 0 Å². The minimum atomic E-state index is -0.507. The van der Waals surface area contributed by atoms with Gasteiger partial charge in [-0.1, -0.05) is 13.8 Å². The predicted octanol–water partition coefficient (Wildman–Crippen LogP) is 6.25. The van der Waals surface area contributed by atoms with Crippen LogP contribution in [0.25, 0.3) is 0 Å². The van der Waals surface area contributed by atoms with Crippen LogP contribution in [0.5, 0.6) is 23.0 Å². The first-order chi connectivity index (χ1) is 19.9. The highest BCUT2D eigenvalue weighted by molar-refractivity contribution is 5.92. The molecule has 3 aromatic carbocycles. The van der Waals surface area contributed by atoms with E-state index in [0.717, 1.165) is 18.6 Å². The molecule has 1 aliphatic carbocycles. The molecule has 0 bridgehead atoms. The largest absolute Gasteiger partial charge is 0.495 e. The lowest BCUT2D eigenvalue weighted by atomic mass is 9.84. The Labute approximate surface area is 239 Å². The van der Waals surface area contributed by atoms with Gasteiger partial charge < -0.3 is 28.4 Å². The van der Waals surface area contributed by atoms with Crippen LogP contribution in [0.2, 0.25) is 0 Å². The van der Waals surface area contributed by atoms with Gasteiger partial charge in [0.2, 0.25) is 0 Å². The molecule has 8 heteroatoms. The van der Waals surface area contributed by atoms with Gasteiger partial charge in [-0.2, -0.15) is 0 Å². The zero-order valence-electron chi connectivity index (χ0n) is 23.3. The Morgan fingerprint density at radius 1 is 0.732 bits per heavy atom. The number of hydrogen-bond acceptors (Lipinski definition) is 8. The molecule has 0 saturated carbocycles. The summed E-state index contributed by atoms with van der Waals surface area (Å²) in [5.74, 6) is 2.60. The molecule has 214 valence electrons. The highest BCUT2D eigenvalue weighted by Crippen LogP contribution is 2.32. The van der Waals surface area contributed by atoms with Crippen molar-refractivity contribution in [1.29, 1.82) is 0 Å². The molecule has 1 atom stereocenters. The van der Waals surface area contributed by atoms with Gasteiger partial charge in [0.1, 0.15) is 36.2 Å². The topological polar surface area (TPSA) is 89.5 Å². The standard InChI is InChI=1S/C33H34O8/c1-3-33(20-36-21-33)22-39-27-10-6-25(7-11-27)32(35)41-29-14-12-28(13-15-29)40-31(34)24-4-8-26(9-5-24)37-16-17-38-30-18-23(2)19-30/h4-15,18,23H,3,16-17,19-22H2,1-2H3. The number of ether oxygens (including phenoxy) is 6. The average molecular weight is 559 g/mol. The first-order valence-corrected chi connectivity index (χ1v) is 13.8. The van der Waals surface area contributed by atoms with Crippen molar-refractivity contribution < 1.29 is 38.0 Å². The lowest BCUT2D eigenvalue weighted by Crippen LogP contribution is -2.46. The van der Waals surface area contributed by atoms with E-state index < -0.39 is 11.9 Å². The number of esters is 2. The zero-order valence-corrected chi connectivity index (χ0v) is 23.3. The van der Waals surface area contributed by atoms with E-state index in [1.54, 1.807) is 72.8 Å². The summed E-state index contributed by atoms with van der Waals surface area (Å²) in [7, 11) is 0. The molecular weight excluding hydrogens is 524 g/mol. The molecule has 1 heterocycles. The fourth-order valence-electron chi connectivity index (χ4n) is 4.34. The van der Waals surface area contributed by atoms with E-state index in [9.17, 15) is 9.59 Å². The average Bonchev–Trinajstić information content (AvgIpc) is 2.95. The summed E-state index contributed by atoms with van der Waals surface area (Å²) in [6, 6.07) is 19.8. The van der Waals surface area contributed by atoms with Gasteiger partial charge in [0.25, 0.3) is 0 Å². The van der Waals surface area contributed by atoms with Gasteiger partial charge in [-0.05, 0) is 91.2 Å². The molecule has 0 amide bonds. The third-order valence-electron chi connectivity index (χ3n) is 7.17. The molecule has 1 fully saturated rings. The van der Waals surface area contributed by atoms with Gasteiger partial charge in [-0.25, -0.2) is 9.59 Å². The van der Waals surface area contributed by atoms with Crippen LogP contribution < -0.4 is 18.9 Å². The van der Waals surface area contributed by atoms with E-state index in [4.69, 9.17) is 28.4 Å². The van der Waals surface area contributed by atoms with Gasteiger partial charge in [0.15, 0.2) is 0 Å². The van der Waals surface area contributed by atoms with Crippen LogP contribution in [0, 0.1) is 11.3 Å². The second-order valence-corrected chi connectivity index (χ2v) is 10.4. The number of carbonyl (C=O) groups excluding carboxylic acids is 2. The second-order valence-electron chi connectivity index (χ2n) is 10.4. The fourth-order valence-corrected chi connectivity index (χ4v) is 4.34. The number of benzene rings is 3. The Bertz CT molecular complexity index is 1350. The lowest BCUT2D eigenvalue weighted by Gasteiger charge is -2.40. The Morgan fingerprint density at radius 2 is 1.20 bits per heavy atom. The molecule has 8 nitrogen and oxygen atoms in total. The van der Waals surface area contributed by atoms with Crippen molar-refractivity contribution in [3.05, 3.63) is 95.8 Å². The minimum absolute atomic E-state index is 0.0829. The van der Waals surface area contributed by atoms with Crippen LogP contribution in [0.1, 0.15) is 47.4 Å². The quantitative estimate of drug-likeness (QED) is 0.138. The summed E-state index contributed by atoms with van der Waals surface area (Å²) in [6.45, 7) is 7.18. The Morgan fingerprint density at radius 3 is 1.63 bits per heavy atom. The van der Waals surface area contributed by atoms with Crippen molar-refractivity contribution in [3.63, 3.8) is 0 Å². The first-order valence-electron chi connectivity index (χ1n) is 13.8. The highest BCUT2D eigenvalue weighted by atomic mass is 16.5. The van der Waals surface area contributed by atoms with Crippen LogP contribution >= 0.6 is 0 Å². The molecule has 3 aromatic rings. The lowest BCUT2D eigenvalue weighted by molar-refractivity contribution is -0.133. The van der Waals surface area contributed by atoms with Crippen molar-refractivity contribution in [2.75, 3.05) is 33.0 Å². The van der Waals surface area contributed by atoms with Crippen molar-refractivity contribution in [3.8, 4) is 23.0 Å². The van der Waals surface area contributed by atoms with E-state index in [1.807, 2.05) is 0 Å². The molecule has 1 aliphatic heterocycles. The van der Waals surface area contributed by atoms with Crippen LogP contribution in [0.15, 0.2) is 84.6 Å². The molecule has 0 spiro atoms. The zero-order chi connectivity index (χ0) is 28.7. The SMILES string of the molecule is CCC1(COc2ccc(C(=O)Oc3ccc(OC(=O)c4ccc(OCCOC5=CC(C)C5)cc4)cc3)cc2)COC1. The molecule has 0 radical (unpaired) electrons. The third kappa shape index (κ3) is 7.46. The summed E-state index contributed by atoms with van der Waals surface area (Å²) >= 11 is 0. The molecule has 1 saturated heterocycles. The van der Waals surface area contributed by atoms with E-state index in [-0.39, 0.29) is 5.41 Å². The van der Waals surface area contributed by atoms with Gasteiger partial charge in [0, 0.05) is 6.42 Å². The normalized spacial score (nSPS) is 16.8. The van der Waals surface area contributed by atoms with Gasteiger partial charge >= 0.3 is 11.9 Å². The summed E-state index contributed by atoms with van der Waals surface area (Å²) < 4.78 is 33.4. The number of allylic oxidation sites excluding steroid dienone is 2. The van der Waals surface area contributed by atoms with Crippen LogP contribution in [-0.2, 0) is 9.47 Å². The van der Waals surface area contributed by atoms with Gasteiger partial charge in [0.05, 0.1) is 42.1 Å². The monoisotopic (exact) mass is 558 g/mol. The maximum Gasteiger partial charge on any atom is 0.343 e. The first kappa shape index (κ1) is 28.2. The predicted molar refractivity (Wildman–Crippen MR) is 152 cm³/mol. The maximum absolute atomic E-state index is 12.6. The third-order valence-corrected chi connectivity index (χ3v) is 7.17. The van der Waals surface area contributed by atoms with Crippen molar-refractivity contribution in [2.45, 2.75) is 26.7 Å². The molecule has 0 N–H and O–H groups in total. The smallest absolute Gasteiger partial charge is 0.343 e. The van der Waals surface area contributed by atoms with Gasteiger partial charge in [-0.3, -0.25) is 0 Å². The summed E-state index contributed by atoms with van der Waals surface area (Å²) in [4.78, 5) is 25.1. The molecule has 41 heavy (non-hydrogen) atoms. The van der Waals surface area contributed by atoms with Crippen molar-refractivity contribution in [2.24, 2.45) is 11.3 Å². The molecular formula is C33H34O8. The fraction of sp³-hybridized carbons (Fsp3) is 0.333. The van der Waals surface area contributed by atoms with Crippen LogP contribution in [-0.4, -0.2) is 45.0 Å².